The number of aryl methyl sites for hydroxylation is 1. The Morgan fingerprint density at radius 1 is 0.962 bits per heavy atom. The van der Waals surface area contributed by atoms with E-state index in [2.05, 4.69) is 5.10 Å². The molecule has 1 fully saturated rings. The molecule has 1 saturated heterocycles. The van der Waals surface area contributed by atoms with Crippen molar-refractivity contribution in [2.24, 2.45) is 0 Å². The second kappa shape index (κ2) is 6.59. The van der Waals surface area contributed by atoms with E-state index in [0.29, 0.717) is 17.8 Å². The molecule has 2 heterocycles. The van der Waals surface area contributed by atoms with Gasteiger partial charge in [-0.05, 0) is 25.5 Å². The predicted octanol–water partition coefficient (Wildman–Crippen LogP) is 1.98. The zero-order valence-corrected chi connectivity index (χ0v) is 15.2. The van der Waals surface area contributed by atoms with Gasteiger partial charge in [-0.1, -0.05) is 30.3 Å². The molecule has 0 radical (unpaired) electrons. The quantitative estimate of drug-likeness (QED) is 0.625. The number of barbiturate groups is 1. The number of likely N-dealkylation sites (N-methyl/N-ethyl adjacent to an activating group) is 2. The Morgan fingerprint density at radius 2 is 1.54 bits per heavy atom. The zero-order valence-electron chi connectivity index (χ0n) is 15.2. The van der Waals surface area contributed by atoms with Crippen LogP contribution in [0.1, 0.15) is 22.5 Å². The smallest absolute Gasteiger partial charge is 0.268 e. The highest BCUT2D eigenvalue weighted by atomic mass is 16.2. The number of aromatic nitrogens is 2. The minimum Gasteiger partial charge on any atom is -0.268 e. The normalized spacial score (nSPS) is 15.1. The summed E-state index contributed by atoms with van der Waals surface area (Å²) in [6, 6.07) is 9.27. The molecule has 1 aromatic heterocycles. The molecule has 1 aliphatic rings. The third kappa shape index (κ3) is 2.92. The summed E-state index contributed by atoms with van der Waals surface area (Å²) in [6.07, 6.45) is 1.53. The van der Waals surface area contributed by atoms with E-state index in [1.807, 2.05) is 48.9 Å². The highest BCUT2D eigenvalue weighted by Crippen LogP contribution is 2.22. The Kier molecular flexibility index (Phi) is 4.46. The van der Waals surface area contributed by atoms with Crippen molar-refractivity contribution in [2.75, 3.05) is 14.1 Å². The molecule has 0 aliphatic carbocycles. The molecule has 26 heavy (non-hydrogen) atoms. The van der Waals surface area contributed by atoms with Crippen molar-refractivity contribution in [3.63, 3.8) is 0 Å². The van der Waals surface area contributed by atoms with Crippen LogP contribution in [-0.4, -0.2) is 51.5 Å². The molecule has 1 aromatic carbocycles. The van der Waals surface area contributed by atoms with Gasteiger partial charge >= 0.3 is 6.03 Å². The number of nitrogens with zero attached hydrogens (tertiary/aromatic N) is 4. The number of urea groups is 1. The number of hydrogen-bond acceptors (Lipinski definition) is 4. The first kappa shape index (κ1) is 17.6. The summed E-state index contributed by atoms with van der Waals surface area (Å²) in [5, 5.41) is 4.53. The maximum atomic E-state index is 12.4. The lowest BCUT2D eigenvalue weighted by molar-refractivity contribution is -0.134. The fraction of sp³-hybridized carbons (Fsp3) is 0.263. The van der Waals surface area contributed by atoms with Gasteiger partial charge < -0.3 is 0 Å². The van der Waals surface area contributed by atoms with Crippen LogP contribution >= 0.6 is 0 Å². The van der Waals surface area contributed by atoms with Crippen LogP contribution in [0.25, 0.3) is 6.08 Å². The molecule has 134 valence electrons. The molecular formula is C19H20N4O3. The maximum Gasteiger partial charge on any atom is 0.333 e. The zero-order chi connectivity index (χ0) is 19.0. The van der Waals surface area contributed by atoms with Gasteiger partial charge in [-0.2, -0.15) is 5.10 Å². The van der Waals surface area contributed by atoms with Gasteiger partial charge in [-0.25, -0.2) is 4.79 Å². The van der Waals surface area contributed by atoms with E-state index in [9.17, 15) is 14.4 Å². The molecule has 2 aromatic rings. The third-order valence-electron chi connectivity index (χ3n) is 4.55. The minimum absolute atomic E-state index is 0.0416. The topological polar surface area (TPSA) is 75.5 Å². The molecule has 7 heteroatoms. The molecule has 0 atom stereocenters. The van der Waals surface area contributed by atoms with Crippen LogP contribution < -0.4 is 0 Å². The van der Waals surface area contributed by atoms with Crippen molar-refractivity contribution in [3.8, 4) is 0 Å². The largest absolute Gasteiger partial charge is 0.333 e. The SMILES string of the molecule is Cc1nn(Cc2ccccc2)c(C)c1C=C1C(=O)N(C)C(=O)N(C)C1=O. The van der Waals surface area contributed by atoms with E-state index < -0.39 is 17.8 Å². The van der Waals surface area contributed by atoms with Gasteiger partial charge in [-0.3, -0.25) is 24.1 Å². The Hall–Kier alpha value is -3.22. The average Bonchev–Trinajstić information content (AvgIpc) is 2.89. The van der Waals surface area contributed by atoms with Gasteiger partial charge in [0.25, 0.3) is 11.8 Å². The molecule has 0 saturated carbocycles. The van der Waals surface area contributed by atoms with Crippen molar-refractivity contribution >= 4 is 23.9 Å². The molecule has 3 rings (SSSR count). The number of carbonyl (C=O) groups is 3. The second-order valence-electron chi connectivity index (χ2n) is 6.30. The van der Waals surface area contributed by atoms with Gasteiger partial charge in [0.2, 0.25) is 0 Å². The molecule has 0 bridgehead atoms. The second-order valence-corrected chi connectivity index (χ2v) is 6.30. The van der Waals surface area contributed by atoms with Crippen molar-refractivity contribution in [3.05, 3.63) is 58.4 Å². The number of rotatable bonds is 3. The van der Waals surface area contributed by atoms with Crippen molar-refractivity contribution in [1.82, 2.24) is 19.6 Å². The summed E-state index contributed by atoms with van der Waals surface area (Å²) in [6.45, 7) is 4.32. The van der Waals surface area contributed by atoms with Crippen LogP contribution in [0.5, 0.6) is 0 Å². The summed E-state index contributed by atoms with van der Waals surface area (Å²) < 4.78 is 1.84. The first-order chi connectivity index (χ1) is 12.3. The molecule has 7 nitrogen and oxygen atoms in total. The summed E-state index contributed by atoms with van der Waals surface area (Å²) in [7, 11) is 2.72. The van der Waals surface area contributed by atoms with E-state index in [0.717, 1.165) is 21.1 Å². The number of carbonyl (C=O) groups excluding carboxylic acids is 3. The van der Waals surface area contributed by atoms with E-state index >= 15 is 0 Å². The first-order valence-electron chi connectivity index (χ1n) is 8.21. The van der Waals surface area contributed by atoms with Crippen LogP contribution in [0.4, 0.5) is 4.79 Å². The van der Waals surface area contributed by atoms with Gasteiger partial charge in [0.15, 0.2) is 0 Å². The maximum absolute atomic E-state index is 12.4. The van der Waals surface area contributed by atoms with Crippen LogP contribution in [0.2, 0.25) is 0 Å². The Balaban J connectivity index is 1.99. The number of imide groups is 2. The van der Waals surface area contributed by atoms with Crippen LogP contribution in [-0.2, 0) is 16.1 Å². The predicted molar refractivity (Wildman–Crippen MR) is 96.2 cm³/mol. The molecule has 4 amide bonds. The highest BCUT2D eigenvalue weighted by Gasteiger charge is 2.38. The lowest BCUT2D eigenvalue weighted by Gasteiger charge is -2.28. The van der Waals surface area contributed by atoms with Crippen LogP contribution in [0.15, 0.2) is 35.9 Å². The molecule has 0 spiro atoms. The number of hydrogen-bond donors (Lipinski definition) is 0. The highest BCUT2D eigenvalue weighted by molar-refractivity contribution is 6.30. The Bertz CT molecular complexity index is 902. The summed E-state index contributed by atoms with van der Waals surface area (Å²) >= 11 is 0. The molecular weight excluding hydrogens is 332 g/mol. The molecule has 0 N–H and O–H groups in total. The fourth-order valence-corrected chi connectivity index (χ4v) is 2.95. The summed E-state index contributed by atoms with van der Waals surface area (Å²) in [4.78, 5) is 38.5. The van der Waals surface area contributed by atoms with Gasteiger partial charge in [-0.15, -0.1) is 0 Å². The van der Waals surface area contributed by atoms with E-state index in [4.69, 9.17) is 0 Å². The number of amides is 4. The molecule has 1 aliphatic heterocycles. The fourth-order valence-electron chi connectivity index (χ4n) is 2.95. The Labute approximate surface area is 151 Å². The van der Waals surface area contributed by atoms with Crippen molar-refractivity contribution < 1.29 is 14.4 Å². The summed E-state index contributed by atoms with van der Waals surface area (Å²) in [5.41, 5.74) is 3.34. The molecule has 0 unspecified atom stereocenters. The van der Waals surface area contributed by atoms with E-state index in [1.165, 1.54) is 20.2 Å². The third-order valence-corrected chi connectivity index (χ3v) is 4.55. The van der Waals surface area contributed by atoms with E-state index in [1.54, 1.807) is 0 Å². The Morgan fingerprint density at radius 3 is 2.12 bits per heavy atom. The monoisotopic (exact) mass is 352 g/mol. The van der Waals surface area contributed by atoms with Crippen LogP contribution in [0, 0.1) is 13.8 Å². The first-order valence-corrected chi connectivity index (χ1v) is 8.21. The standard InChI is InChI=1S/C19H20N4O3/c1-12-15(10-16-17(24)21(3)19(26)22(4)18(16)25)13(2)23(20-12)11-14-8-6-5-7-9-14/h5-10H,11H2,1-4H3. The van der Waals surface area contributed by atoms with Gasteiger partial charge in [0, 0.05) is 25.4 Å². The van der Waals surface area contributed by atoms with Crippen LogP contribution in [0.3, 0.4) is 0 Å². The van der Waals surface area contributed by atoms with E-state index in [-0.39, 0.29) is 5.57 Å². The van der Waals surface area contributed by atoms with Gasteiger partial charge in [0.1, 0.15) is 5.57 Å². The average molecular weight is 352 g/mol. The van der Waals surface area contributed by atoms with Gasteiger partial charge in [0.05, 0.1) is 12.2 Å². The van der Waals surface area contributed by atoms with Crippen molar-refractivity contribution in [2.45, 2.75) is 20.4 Å². The summed E-state index contributed by atoms with van der Waals surface area (Å²) in [5.74, 6) is -1.21. The minimum atomic E-state index is -0.634. The lowest BCUT2D eigenvalue weighted by Crippen LogP contribution is -2.52. The number of benzene rings is 1. The lowest BCUT2D eigenvalue weighted by atomic mass is 10.1. The van der Waals surface area contributed by atoms with Crippen molar-refractivity contribution in [1.29, 1.82) is 0 Å².